The monoisotopic (exact) mass is 176 g/mol. The third-order valence-electron chi connectivity index (χ3n) is 1.31. The van der Waals surface area contributed by atoms with Gasteiger partial charge in [0.05, 0.1) is 11.0 Å². The van der Waals surface area contributed by atoms with Gasteiger partial charge in [0.25, 0.3) is 0 Å². The number of hydrogen-bond donors (Lipinski definition) is 0. The molecule has 0 spiro atoms. The van der Waals surface area contributed by atoms with E-state index in [1.54, 1.807) is 0 Å². The van der Waals surface area contributed by atoms with E-state index < -0.39 is 8.87 Å². The van der Waals surface area contributed by atoms with Crippen LogP contribution in [-0.2, 0) is 8.87 Å². The van der Waals surface area contributed by atoms with Crippen LogP contribution in [0, 0.1) is 12.3 Å². The lowest BCUT2D eigenvalue weighted by Gasteiger charge is -2.15. The fourth-order valence-corrected chi connectivity index (χ4v) is 4.28. The predicted molar refractivity (Wildman–Crippen MR) is 43.2 cm³/mol. The van der Waals surface area contributed by atoms with Crippen LogP contribution in [0.3, 0.4) is 0 Å². The normalized spacial score (nSPS) is 30.9. The van der Waals surface area contributed by atoms with E-state index in [9.17, 15) is 8.42 Å². The lowest BCUT2D eigenvalue weighted by atomic mass is 10.2. The van der Waals surface area contributed by atoms with E-state index >= 15 is 0 Å². The Morgan fingerprint density at radius 3 is 2.70 bits per heavy atom. The Balaban J connectivity index is 2.67. The van der Waals surface area contributed by atoms with Gasteiger partial charge in [0.15, 0.2) is 0 Å². The molecule has 0 bridgehead atoms. The minimum atomic E-state index is -2.87. The molecule has 4 heteroatoms. The lowest BCUT2D eigenvalue weighted by Crippen LogP contribution is -2.15. The van der Waals surface area contributed by atoms with E-state index in [1.165, 1.54) is 0 Å². The fraction of sp³-hybridized carbons (Fsp3) is 0.667. The molecule has 1 rings (SSSR count). The number of terminal acetylenes is 1. The van der Waals surface area contributed by atoms with Crippen molar-refractivity contribution in [2.45, 2.75) is 18.1 Å². The maximum absolute atomic E-state index is 10.9. The third-order valence-corrected chi connectivity index (χ3v) is 5.07. The highest BCUT2D eigenvalue weighted by Crippen LogP contribution is 2.29. The molecule has 2 nitrogen and oxygen atoms in total. The van der Waals surface area contributed by atoms with E-state index in [1.807, 2.05) is 0 Å². The van der Waals surface area contributed by atoms with Crippen molar-refractivity contribution in [2.24, 2.45) is 0 Å². The van der Waals surface area contributed by atoms with Crippen molar-refractivity contribution in [2.75, 3.05) is 5.75 Å². The smallest absolute Gasteiger partial charge is 0.202 e. The zero-order valence-electron chi connectivity index (χ0n) is 5.41. The highest BCUT2D eigenvalue weighted by Gasteiger charge is 2.23. The van der Waals surface area contributed by atoms with Crippen molar-refractivity contribution >= 4 is 19.7 Å². The van der Waals surface area contributed by atoms with Gasteiger partial charge in [-0.1, -0.05) is 5.92 Å². The quantitative estimate of drug-likeness (QED) is 0.405. The van der Waals surface area contributed by atoms with Crippen molar-refractivity contribution in [3.8, 4) is 12.3 Å². The number of hydrogen-bond acceptors (Lipinski definition) is 3. The van der Waals surface area contributed by atoms with Crippen LogP contribution in [0.2, 0.25) is 0 Å². The van der Waals surface area contributed by atoms with Crippen LogP contribution in [-0.4, -0.2) is 19.4 Å². The van der Waals surface area contributed by atoms with Gasteiger partial charge in [0.2, 0.25) is 8.87 Å². The predicted octanol–water partition coefficient (Wildman–Crippen LogP) is 0.845. The summed E-state index contributed by atoms with van der Waals surface area (Å²) in [6.07, 6.45) is 6.64. The first-order chi connectivity index (χ1) is 4.64. The van der Waals surface area contributed by atoms with Crippen LogP contribution in [0.25, 0.3) is 0 Å². The summed E-state index contributed by atoms with van der Waals surface area (Å²) < 4.78 is 21.8. The molecule has 1 unspecified atom stereocenters. The Bertz CT molecular complexity index is 247. The zero-order valence-corrected chi connectivity index (χ0v) is 7.04. The molecular formula is C6H8O2S2. The average molecular weight is 176 g/mol. The summed E-state index contributed by atoms with van der Waals surface area (Å²) in [5, 5.41) is -0.112. The van der Waals surface area contributed by atoms with Crippen molar-refractivity contribution < 1.29 is 8.42 Å². The summed E-state index contributed by atoms with van der Waals surface area (Å²) in [5.41, 5.74) is 0. The van der Waals surface area contributed by atoms with Gasteiger partial charge in [-0.25, -0.2) is 8.42 Å². The Labute approximate surface area is 64.7 Å². The molecule has 1 fully saturated rings. The SMILES string of the molecule is C#CC1CCCS(=O)(=O)S1. The molecular weight excluding hydrogens is 168 g/mol. The second-order valence-electron chi connectivity index (χ2n) is 2.16. The first-order valence-corrected chi connectivity index (χ1v) is 6.06. The van der Waals surface area contributed by atoms with Crippen LogP contribution in [0.5, 0.6) is 0 Å². The summed E-state index contributed by atoms with van der Waals surface area (Å²) in [7, 11) is -1.95. The topological polar surface area (TPSA) is 34.1 Å². The van der Waals surface area contributed by atoms with Crippen molar-refractivity contribution in [1.82, 2.24) is 0 Å². The van der Waals surface area contributed by atoms with Crippen molar-refractivity contribution in [1.29, 1.82) is 0 Å². The highest BCUT2D eigenvalue weighted by molar-refractivity contribution is 8.72. The summed E-state index contributed by atoms with van der Waals surface area (Å²) in [5.74, 6) is 2.73. The highest BCUT2D eigenvalue weighted by atomic mass is 33.1. The van der Waals surface area contributed by atoms with Gasteiger partial charge in [-0.05, 0) is 23.6 Å². The third kappa shape index (κ3) is 1.93. The average Bonchev–Trinajstić information content (AvgIpc) is 1.86. The summed E-state index contributed by atoms with van der Waals surface area (Å²) >= 11 is 0. The maximum Gasteiger partial charge on any atom is 0.202 e. The van der Waals surface area contributed by atoms with Gasteiger partial charge in [0, 0.05) is 0 Å². The van der Waals surface area contributed by atoms with Gasteiger partial charge in [-0.2, -0.15) is 0 Å². The molecule has 1 saturated heterocycles. The fourth-order valence-electron chi connectivity index (χ4n) is 0.830. The van der Waals surface area contributed by atoms with Gasteiger partial charge in [-0.3, -0.25) is 0 Å². The van der Waals surface area contributed by atoms with E-state index in [-0.39, 0.29) is 11.0 Å². The zero-order chi connectivity index (χ0) is 7.61. The van der Waals surface area contributed by atoms with Crippen LogP contribution in [0.1, 0.15) is 12.8 Å². The van der Waals surface area contributed by atoms with Crippen LogP contribution < -0.4 is 0 Å². The molecule has 0 aromatic rings. The summed E-state index contributed by atoms with van der Waals surface area (Å²) in [4.78, 5) is 0. The first-order valence-electron chi connectivity index (χ1n) is 3.01. The first kappa shape index (κ1) is 7.96. The molecule has 1 heterocycles. The summed E-state index contributed by atoms with van der Waals surface area (Å²) in [6, 6.07) is 0. The van der Waals surface area contributed by atoms with Gasteiger partial charge >= 0.3 is 0 Å². The molecule has 0 aromatic heterocycles. The minimum Gasteiger partial charge on any atom is -0.217 e. The van der Waals surface area contributed by atoms with Gasteiger partial charge in [0.1, 0.15) is 0 Å². The molecule has 0 saturated carbocycles. The maximum atomic E-state index is 10.9. The van der Waals surface area contributed by atoms with Crippen LogP contribution >= 0.6 is 10.8 Å². The van der Waals surface area contributed by atoms with Gasteiger partial charge < -0.3 is 0 Å². The Kier molecular flexibility index (Phi) is 2.27. The summed E-state index contributed by atoms with van der Waals surface area (Å²) in [6.45, 7) is 0. The van der Waals surface area contributed by atoms with Crippen LogP contribution in [0.15, 0.2) is 0 Å². The molecule has 0 aliphatic carbocycles. The largest absolute Gasteiger partial charge is 0.217 e. The second-order valence-corrected chi connectivity index (χ2v) is 6.54. The molecule has 56 valence electrons. The van der Waals surface area contributed by atoms with Crippen molar-refractivity contribution in [3.05, 3.63) is 0 Å². The van der Waals surface area contributed by atoms with E-state index in [2.05, 4.69) is 5.92 Å². The standard InChI is InChI=1S/C6H8O2S2/c1-2-6-4-3-5-10(7,8)9-6/h1,6H,3-5H2. The van der Waals surface area contributed by atoms with Gasteiger partial charge in [-0.15, -0.1) is 6.42 Å². The molecule has 1 aliphatic heterocycles. The van der Waals surface area contributed by atoms with E-state index in [0.717, 1.165) is 17.2 Å². The molecule has 0 N–H and O–H groups in total. The van der Waals surface area contributed by atoms with E-state index in [4.69, 9.17) is 6.42 Å². The van der Waals surface area contributed by atoms with Crippen LogP contribution in [0.4, 0.5) is 0 Å². The Morgan fingerprint density at radius 2 is 2.30 bits per heavy atom. The molecule has 1 atom stereocenters. The molecule has 10 heavy (non-hydrogen) atoms. The second kappa shape index (κ2) is 2.85. The Morgan fingerprint density at radius 1 is 1.60 bits per heavy atom. The number of rotatable bonds is 0. The molecule has 0 aromatic carbocycles. The molecule has 1 aliphatic rings. The molecule has 0 radical (unpaired) electrons. The van der Waals surface area contributed by atoms with E-state index in [0.29, 0.717) is 6.42 Å². The Hall–Kier alpha value is -0.140. The minimum absolute atomic E-state index is 0.112. The lowest BCUT2D eigenvalue weighted by molar-refractivity contribution is 0.604. The molecule has 0 amide bonds. The van der Waals surface area contributed by atoms with Crippen molar-refractivity contribution in [3.63, 3.8) is 0 Å².